The van der Waals surface area contributed by atoms with Crippen LogP contribution >= 0.6 is 0 Å². The Morgan fingerprint density at radius 2 is 1.57 bits per heavy atom. The minimum Gasteiger partial charge on any atom is -0.324 e. The number of hydrogen-bond acceptors (Lipinski definition) is 5. The topological polar surface area (TPSA) is 70.2 Å². The molecule has 0 saturated carbocycles. The number of carbonyl (C=O) groups is 1. The number of hydrogen-bond donors (Lipinski definition) is 2. The molecule has 0 aliphatic carbocycles. The van der Waals surface area contributed by atoms with Gasteiger partial charge in [0.25, 0.3) is 5.91 Å². The van der Waals surface area contributed by atoms with Crippen LogP contribution in [0.15, 0.2) is 66.7 Å². The number of nitrogens with zero attached hydrogens (tertiary/aromatic N) is 3. The van der Waals surface area contributed by atoms with Crippen molar-refractivity contribution >= 4 is 34.1 Å². The number of fused-ring (bicyclic) bond motifs is 1. The fourth-order valence-corrected chi connectivity index (χ4v) is 4.78. The quantitative estimate of drug-likeness (QED) is 0.375. The van der Waals surface area contributed by atoms with Gasteiger partial charge in [0.15, 0.2) is 0 Å². The number of anilines is 3. The van der Waals surface area contributed by atoms with Crippen molar-refractivity contribution < 1.29 is 4.79 Å². The Kier molecular flexibility index (Phi) is 6.47. The maximum atomic E-state index is 12.8. The van der Waals surface area contributed by atoms with Gasteiger partial charge in [-0.3, -0.25) is 4.79 Å². The lowest BCUT2D eigenvalue weighted by Crippen LogP contribution is -2.29. The Labute approximate surface area is 206 Å². The average molecular weight is 466 g/mol. The predicted molar refractivity (Wildman–Crippen MR) is 143 cm³/mol. The molecule has 1 fully saturated rings. The van der Waals surface area contributed by atoms with E-state index in [0.29, 0.717) is 17.4 Å². The highest BCUT2D eigenvalue weighted by Crippen LogP contribution is 2.32. The van der Waals surface area contributed by atoms with Gasteiger partial charge in [-0.25, -0.2) is 9.97 Å². The molecular weight excluding hydrogens is 434 g/mol. The van der Waals surface area contributed by atoms with E-state index in [9.17, 15) is 4.79 Å². The van der Waals surface area contributed by atoms with Crippen LogP contribution in [-0.2, 0) is 0 Å². The number of aryl methyl sites for hydroxylation is 2. The Hall–Kier alpha value is -3.77. The summed E-state index contributed by atoms with van der Waals surface area (Å²) < 4.78 is 0. The minimum absolute atomic E-state index is 0.125. The molecule has 3 aromatic carbocycles. The van der Waals surface area contributed by atoms with Gasteiger partial charge in [0.2, 0.25) is 5.95 Å². The summed E-state index contributed by atoms with van der Waals surface area (Å²) in [5, 5.41) is 7.53. The smallest absolute Gasteiger partial charge is 0.255 e. The number of para-hydroxylation sites is 2. The number of aromatic nitrogens is 2. The van der Waals surface area contributed by atoms with E-state index in [2.05, 4.69) is 34.7 Å². The fraction of sp³-hybridized carbons (Fsp3) is 0.276. The average Bonchev–Trinajstić information content (AvgIpc) is 2.87. The molecule has 0 unspecified atom stereocenters. The molecule has 1 aliphatic rings. The molecule has 0 bridgehead atoms. The second-order valence-corrected chi connectivity index (χ2v) is 9.45. The van der Waals surface area contributed by atoms with Crippen molar-refractivity contribution in [1.82, 2.24) is 14.9 Å². The first-order valence-corrected chi connectivity index (χ1v) is 12.2. The highest BCUT2D eigenvalue weighted by molar-refractivity contribution is 6.05. The van der Waals surface area contributed by atoms with E-state index in [1.54, 1.807) is 0 Å². The van der Waals surface area contributed by atoms with Crippen molar-refractivity contribution in [2.75, 3.05) is 30.8 Å². The highest BCUT2D eigenvalue weighted by Gasteiger charge is 2.22. The largest absolute Gasteiger partial charge is 0.324 e. The Balaban J connectivity index is 1.36. The second-order valence-electron chi connectivity index (χ2n) is 9.45. The molecule has 2 heterocycles. The molecule has 1 saturated heterocycles. The fourth-order valence-electron chi connectivity index (χ4n) is 4.78. The Bertz CT molecular complexity index is 1340. The highest BCUT2D eigenvalue weighted by atomic mass is 16.1. The normalized spacial score (nSPS) is 14.7. The van der Waals surface area contributed by atoms with E-state index in [1.165, 1.54) is 0 Å². The van der Waals surface area contributed by atoms with Crippen LogP contribution in [0.4, 0.5) is 17.3 Å². The number of nitrogens with one attached hydrogen (secondary N) is 2. The summed E-state index contributed by atoms with van der Waals surface area (Å²) in [5.74, 6) is 0.890. The monoisotopic (exact) mass is 465 g/mol. The van der Waals surface area contributed by atoms with Gasteiger partial charge in [-0.2, -0.15) is 0 Å². The van der Waals surface area contributed by atoms with E-state index in [-0.39, 0.29) is 5.91 Å². The van der Waals surface area contributed by atoms with E-state index >= 15 is 0 Å². The summed E-state index contributed by atoms with van der Waals surface area (Å²) in [5.41, 5.74) is 6.48. The lowest BCUT2D eigenvalue weighted by atomic mass is 9.91. The first kappa shape index (κ1) is 23.0. The number of carbonyl (C=O) groups excluding carboxylic acids is 1. The molecule has 5 rings (SSSR count). The molecule has 35 heavy (non-hydrogen) atoms. The number of rotatable bonds is 5. The Morgan fingerprint density at radius 3 is 2.29 bits per heavy atom. The maximum Gasteiger partial charge on any atom is 0.255 e. The van der Waals surface area contributed by atoms with Crippen molar-refractivity contribution in [3.63, 3.8) is 0 Å². The van der Waals surface area contributed by atoms with Crippen molar-refractivity contribution in [3.05, 3.63) is 89.1 Å². The number of likely N-dealkylation sites (tertiary alicyclic amines) is 1. The van der Waals surface area contributed by atoms with Crippen molar-refractivity contribution in [1.29, 1.82) is 0 Å². The third-order valence-electron chi connectivity index (χ3n) is 6.86. The van der Waals surface area contributed by atoms with Crippen LogP contribution in [0.5, 0.6) is 0 Å². The number of piperidine rings is 1. The molecule has 1 aliphatic heterocycles. The standard InChI is InChI=1S/C29H31N5O/c1-19-7-6-8-20(2)26(19)32-28(35)22-11-13-23(14-12-22)30-29-31-25-10-5-4-9-24(25)27(33-29)21-15-17-34(3)18-16-21/h4-14,21H,15-18H2,1-3H3,(H,32,35)(H,30,31,33). The van der Waals surface area contributed by atoms with Gasteiger partial charge in [0.1, 0.15) is 0 Å². The molecule has 0 spiro atoms. The second kappa shape index (κ2) is 9.84. The zero-order chi connectivity index (χ0) is 24.4. The molecule has 178 valence electrons. The first-order chi connectivity index (χ1) is 17.0. The van der Waals surface area contributed by atoms with Crippen LogP contribution in [0.3, 0.4) is 0 Å². The number of benzene rings is 3. The molecule has 2 N–H and O–H groups in total. The first-order valence-electron chi connectivity index (χ1n) is 12.2. The maximum absolute atomic E-state index is 12.8. The zero-order valence-electron chi connectivity index (χ0n) is 20.5. The minimum atomic E-state index is -0.125. The number of amides is 1. The van der Waals surface area contributed by atoms with Crippen molar-refractivity contribution in [2.45, 2.75) is 32.6 Å². The third kappa shape index (κ3) is 5.03. The summed E-state index contributed by atoms with van der Waals surface area (Å²) in [6, 6.07) is 21.7. The SMILES string of the molecule is Cc1cccc(C)c1NC(=O)c1ccc(Nc2nc(C3CCN(C)CC3)c3ccccc3n2)cc1. The third-order valence-corrected chi connectivity index (χ3v) is 6.86. The summed E-state index contributed by atoms with van der Waals surface area (Å²) in [4.78, 5) is 24.9. The van der Waals surface area contributed by atoms with Gasteiger partial charge in [-0.15, -0.1) is 0 Å². The van der Waals surface area contributed by atoms with E-state index in [0.717, 1.165) is 65.0 Å². The van der Waals surface area contributed by atoms with Crippen LogP contribution in [-0.4, -0.2) is 40.9 Å². The van der Waals surface area contributed by atoms with Gasteiger partial charge >= 0.3 is 0 Å². The molecule has 4 aromatic rings. The van der Waals surface area contributed by atoms with Gasteiger partial charge < -0.3 is 15.5 Å². The van der Waals surface area contributed by atoms with Gasteiger partial charge in [0.05, 0.1) is 11.2 Å². The van der Waals surface area contributed by atoms with Crippen LogP contribution in [0.25, 0.3) is 10.9 Å². The van der Waals surface area contributed by atoms with Gasteiger partial charge in [0, 0.05) is 28.2 Å². The predicted octanol–water partition coefficient (Wildman–Crippen LogP) is 6.05. The van der Waals surface area contributed by atoms with E-state index in [4.69, 9.17) is 9.97 Å². The lowest BCUT2D eigenvalue weighted by Gasteiger charge is -2.29. The summed E-state index contributed by atoms with van der Waals surface area (Å²) in [6.07, 6.45) is 2.20. The summed E-state index contributed by atoms with van der Waals surface area (Å²) >= 11 is 0. The lowest BCUT2D eigenvalue weighted by molar-refractivity contribution is 0.102. The molecule has 1 amide bonds. The Morgan fingerprint density at radius 1 is 0.886 bits per heavy atom. The van der Waals surface area contributed by atoms with Crippen LogP contribution in [0.2, 0.25) is 0 Å². The van der Waals surface area contributed by atoms with Gasteiger partial charge in [-0.1, -0.05) is 36.4 Å². The molecule has 1 aromatic heterocycles. The van der Waals surface area contributed by atoms with E-state index in [1.807, 2.05) is 68.4 Å². The van der Waals surface area contributed by atoms with Gasteiger partial charge in [-0.05, 0) is 88.3 Å². The van der Waals surface area contributed by atoms with Crippen molar-refractivity contribution in [3.8, 4) is 0 Å². The summed E-state index contributed by atoms with van der Waals surface area (Å²) in [6.45, 7) is 6.16. The zero-order valence-corrected chi connectivity index (χ0v) is 20.5. The van der Waals surface area contributed by atoms with Crippen LogP contribution in [0, 0.1) is 13.8 Å². The molecular formula is C29H31N5O. The van der Waals surface area contributed by atoms with Crippen molar-refractivity contribution in [2.24, 2.45) is 0 Å². The van der Waals surface area contributed by atoms with E-state index < -0.39 is 0 Å². The molecule has 6 nitrogen and oxygen atoms in total. The van der Waals surface area contributed by atoms with Crippen LogP contribution < -0.4 is 10.6 Å². The van der Waals surface area contributed by atoms with Crippen LogP contribution in [0.1, 0.15) is 45.9 Å². The summed E-state index contributed by atoms with van der Waals surface area (Å²) in [7, 11) is 2.17. The molecule has 6 heteroatoms. The molecule has 0 atom stereocenters. The molecule has 0 radical (unpaired) electrons.